The maximum Gasteiger partial charge on any atom is 0.143 e. The van der Waals surface area contributed by atoms with Crippen LogP contribution in [0.1, 0.15) is 13.8 Å². The van der Waals surface area contributed by atoms with Crippen molar-refractivity contribution < 1.29 is 0 Å². The zero-order valence-electron chi connectivity index (χ0n) is 11.8. The van der Waals surface area contributed by atoms with E-state index in [-0.39, 0.29) is 0 Å². The van der Waals surface area contributed by atoms with E-state index in [1.54, 1.807) is 0 Å². The van der Waals surface area contributed by atoms with Gasteiger partial charge in [0.05, 0.1) is 0 Å². The standard InChI is InChI=1S/C10H29N3Si2/c1-9-13(10-2)15(7,8)14(5,6)11-12(3)4/h11H,9-10H2,1-8H3. The molecule has 0 aromatic heterocycles. The van der Waals surface area contributed by atoms with Gasteiger partial charge in [-0.3, -0.25) is 10.1 Å². The Bertz CT molecular complexity index is 189. The van der Waals surface area contributed by atoms with Crippen molar-refractivity contribution in [3.63, 3.8) is 0 Å². The van der Waals surface area contributed by atoms with Gasteiger partial charge in [0.2, 0.25) is 0 Å². The van der Waals surface area contributed by atoms with Gasteiger partial charge in [-0.05, 0) is 13.1 Å². The van der Waals surface area contributed by atoms with E-state index in [0.717, 1.165) is 0 Å². The Morgan fingerprint density at radius 2 is 1.33 bits per heavy atom. The lowest BCUT2D eigenvalue weighted by molar-refractivity contribution is 0.364. The molecule has 0 amide bonds. The van der Waals surface area contributed by atoms with Crippen molar-refractivity contribution in [3.8, 4) is 0 Å². The third-order valence-electron chi connectivity index (χ3n) is 3.59. The van der Waals surface area contributed by atoms with Gasteiger partial charge in [0.1, 0.15) is 15.5 Å². The minimum atomic E-state index is -1.36. The number of hydrogen-bond donors (Lipinski definition) is 1. The van der Waals surface area contributed by atoms with Crippen LogP contribution in [-0.4, -0.2) is 52.3 Å². The summed E-state index contributed by atoms with van der Waals surface area (Å²) >= 11 is 0. The summed E-state index contributed by atoms with van der Waals surface area (Å²) in [6.45, 7) is 16.8. The average Bonchev–Trinajstić information content (AvgIpc) is 2.02. The van der Waals surface area contributed by atoms with Crippen molar-refractivity contribution in [1.82, 2.24) is 14.7 Å². The predicted molar refractivity (Wildman–Crippen MR) is 74.7 cm³/mol. The quantitative estimate of drug-likeness (QED) is 0.571. The van der Waals surface area contributed by atoms with Crippen LogP contribution in [0.3, 0.4) is 0 Å². The van der Waals surface area contributed by atoms with E-state index in [1.807, 2.05) is 0 Å². The molecule has 5 heteroatoms. The molecule has 15 heavy (non-hydrogen) atoms. The predicted octanol–water partition coefficient (Wildman–Crippen LogP) is 1.88. The van der Waals surface area contributed by atoms with Crippen molar-refractivity contribution in [3.05, 3.63) is 0 Å². The maximum absolute atomic E-state index is 3.70. The van der Waals surface area contributed by atoms with Crippen LogP contribution in [0.2, 0.25) is 26.2 Å². The Morgan fingerprint density at radius 3 is 1.60 bits per heavy atom. The summed E-state index contributed by atoms with van der Waals surface area (Å²) in [6, 6.07) is 0. The summed E-state index contributed by atoms with van der Waals surface area (Å²) in [5.41, 5.74) is 0. The van der Waals surface area contributed by atoms with Crippen LogP contribution < -0.4 is 5.09 Å². The Kier molecular flexibility index (Phi) is 5.70. The molecule has 3 nitrogen and oxygen atoms in total. The minimum absolute atomic E-state index is 1.18. The van der Waals surface area contributed by atoms with Crippen molar-refractivity contribution in [2.75, 3.05) is 27.2 Å². The zero-order chi connectivity index (χ0) is 12.3. The second kappa shape index (κ2) is 5.59. The van der Waals surface area contributed by atoms with E-state index in [0.29, 0.717) is 0 Å². The first-order valence-electron chi connectivity index (χ1n) is 5.89. The first-order valence-corrected chi connectivity index (χ1v) is 12.8. The van der Waals surface area contributed by atoms with E-state index >= 15 is 0 Å². The van der Waals surface area contributed by atoms with Gasteiger partial charge in [-0.25, -0.2) is 0 Å². The number of rotatable bonds is 6. The summed E-state index contributed by atoms with van der Waals surface area (Å²) in [5, 5.41) is 5.83. The first kappa shape index (κ1) is 15.3. The Hall–Kier alpha value is 0.314. The number of hydrogen-bond acceptors (Lipinski definition) is 3. The molecule has 0 aromatic carbocycles. The van der Waals surface area contributed by atoms with Crippen LogP contribution in [0.5, 0.6) is 0 Å². The molecule has 0 saturated heterocycles. The van der Waals surface area contributed by atoms with Gasteiger partial charge in [-0.15, -0.1) is 0 Å². The lowest BCUT2D eigenvalue weighted by Crippen LogP contribution is -2.74. The molecule has 0 bridgehead atoms. The fourth-order valence-corrected chi connectivity index (χ4v) is 10.7. The average molecular weight is 248 g/mol. The SMILES string of the molecule is CCN(CC)[Si](C)(C)[Si](C)(C)NN(C)C. The Balaban J connectivity index is 4.80. The van der Waals surface area contributed by atoms with Crippen LogP contribution in [0, 0.1) is 0 Å². The third-order valence-corrected chi connectivity index (χ3v) is 20.3. The number of nitrogens with zero attached hydrogens (tertiary/aromatic N) is 2. The van der Waals surface area contributed by atoms with Gasteiger partial charge < -0.3 is 4.57 Å². The normalized spacial score (nSPS) is 14.0. The van der Waals surface area contributed by atoms with Crippen molar-refractivity contribution in [1.29, 1.82) is 0 Å². The van der Waals surface area contributed by atoms with Crippen LogP contribution >= 0.6 is 0 Å². The van der Waals surface area contributed by atoms with Gasteiger partial charge in [-0.1, -0.05) is 40.0 Å². The van der Waals surface area contributed by atoms with Gasteiger partial charge >= 0.3 is 0 Å². The Morgan fingerprint density at radius 1 is 0.933 bits per heavy atom. The molecule has 0 aliphatic heterocycles. The topological polar surface area (TPSA) is 18.5 Å². The zero-order valence-corrected chi connectivity index (χ0v) is 13.8. The number of nitrogens with one attached hydrogen (secondary N) is 1. The van der Waals surface area contributed by atoms with Crippen LogP contribution in [0.15, 0.2) is 0 Å². The molecule has 0 aromatic rings. The molecule has 0 radical (unpaired) electrons. The summed E-state index contributed by atoms with van der Waals surface area (Å²) in [6.07, 6.45) is 0. The molecule has 0 fully saturated rings. The highest BCUT2D eigenvalue weighted by Gasteiger charge is 2.45. The lowest BCUT2D eigenvalue weighted by Gasteiger charge is -2.47. The van der Waals surface area contributed by atoms with E-state index in [2.05, 4.69) is 68.8 Å². The largest absolute Gasteiger partial charge is 0.325 e. The maximum atomic E-state index is 3.70. The van der Waals surface area contributed by atoms with Crippen LogP contribution in [-0.2, 0) is 0 Å². The molecule has 1 N–H and O–H groups in total. The van der Waals surface area contributed by atoms with Gasteiger partial charge in [0.15, 0.2) is 0 Å². The summed E-state index contributed by atoms with van der Waals surface area (Å²) in [4.78, 5) is 0. The molecule has 92 valence electrons. The smallest absolute Gasteiger partial charge is 0.143 e. The first-order chi connectivity index (χ1) is 6.69. The minimum Gasteiger partial charge on any atom is -0.325 e. The van der Waals surface area contributed by atoms with E-state index in [1.165, 1.54) is 13.1 Å². The monoisotopic (exact) mass is 247 g/mol. The Labute approximate surface area is 97.8 Å². The lowest BCUT2D eigenvalue weighted by atomic mass is 10.7. The van der Waals surface area contributed by atoms with Crippen molar-refractivity contribution >= 4 is 15.5 Å². The molecule has 0 aliphatic carbocycles. The fraction of sp³-hybridized carbons (Fsp3) is 1.00. The van der Waals surface area contributed by atoms with Gasteiger partial charge in [0.25, 0.3) is 0 Å². The van der Waals surface area contributed by atoms with Gasteiger partial charge in [-0.2, -0.15) is 0 Å². The molecule has 0 spiro atoms. The number of hydrazine groups is 1. The van der Waals surface area contributed by atoms with E-state index < -0.39 is 15.5 Å². The third kappa shape index (κ3) is 3.67. The second-order valence-electron chi connectivity index (χ2n) is 5.36. The summed E-state index contributed by atoms with van der Waals surface area (Å²) in [7, 11) is 1.54. The molecule has 0 atom stereocenters. The van der Waals surface area contributed by atoms with E-state index in [9.17, 15) is 0 Å². The second-order valence-corrected chi connectivity index (χ2v) is 20.0. The highest BCUT2D eigenvalue weighted by atomic mass is 29.3. The summed E-state index contributed by atoms with van der Waals surface area (Å²) < 4.78 is 2.69. The van der Waals surface area contributed by atoms with Crippen molar-refractivity contribution in [2.24, 2.45) is 0 Å². The fourth-order valence-electron chi connectivity index (χ4n) is 2.11. The molecule has 0 unspecified atom stereocenters. The highest BCUT2D eigenvalue weighted by Crippen LogP contribution is 2.20. The highest BCUT2D eigenvalue weighted by molar-refractivity contribution is 7.38. The summed E-state index contributed by atoms with van der Waals surface area (Å²) in [5.74, 6) is 0. The molecular formula is C10H29N3Si2. The van der Waals surface area contributed by atoms with Crippen molar-refractivity contribution in [2.45, 2.75) is 40.0 Å². The molecule has 0 heterocycles. The molecular weight excluding hydrogens is 218 g/mol. The molecule has 0 aliphatic rings. The molecule has 0 rings (SSSR count). The van der Waals surface area contributed by atoms with Gasteiger partial charge in [0, 0.05) is 14.1 Å². The van der Waals surface area contributed by atoms with E-state index in [4.69, 9.17) is 0 Å². The molecule has 0 saturated carbocycles. The van der Waals surface area contributed by atoms with Crippen LogP contribution in [0.25, 0.3) is 0 Å². The van der Waals surface area contributed by atoms with Crippen LogP contribution in [0.4, 0.5) is 0 Å².